The van der Waals surface area contributed by atoms with E-state index >= 15 is 0 Å². The second-order valence-electron chi connectivity index (χ2n) is 5.13. The third-order valence-corrected chi connectivity index (χ3v) is 3.78. The second kappa shape index (κ2) is 6.18. The molecular formula is C16H16FN3S. The van der Waals surface area contributed by atoms with E-state index in [1.54, 1.807) is 24.4 Å². The molecule has 1 N–H and O–H groups in total. The number of nitrogens with zero attached hydrogens (tertiary/aromatic N) is 2. The van der Waals surface area contributed by atoms with Crippen LogP contribution in [-0.4, -0.2) is 21.0 Å². The van der Waals surface area contributed by atoms with Crippen LogP contribution in [0.5, 0.6) is 0 Å². The van der Waals surface area contributed by atoms with Crippen molar-refractivity contribution in [1.29, 1.82) is 0 Å². The Morgan fingerprint density at radius 1 is 1.29 bits per heavy atom. The molecule has 0 atom stereocenters. The van der Waals surface area contributed by atoms with Crippen LogP contribution < -0.4 is 5.32 Å². The lowest BCUT2D eigenvalue weighted by Crippen LogP contribution is -2.36. The molecule has 0 amide bonds. The number of aromatic nitrogens is 1. The van der Waals surface area contributed by atoms with E-state index in [0.717, 1.165) is 18.4 Å². The summed E-state index contributed by atoms with van der Waals surface area (Å²) in [7, 11) is 0. The lowest BCUT2D eigenvalue weighted by Gasteiger charge is -2.26. The van der Waals surface area contributed by atoms with Crippen molar-refractivity contribution in [2.75, 3.05) is 5.32 Å². The number of pyridine rings is 1. The maximum absolute atomic E-state index is 13.7. The van der Waals surface area contributed by atoms with E-state index in [-0.39, 0.29) is 5.82 Å². The van der Waals surface area contributed by atoms with Crippen LogP contribution in [-0.2, 0) is 6.54 Å². The molecule has 3 rings (SSSR count). The monoisotopic (exact) mass is 301 g/mol. The molecule has 0 spiro atoms. The van der Waals surface area contributed by atoms with E-state index in [0.29, 0.717) is 23.4 Å². The van der Waals surface area contributed by atoms with Crippen LogP contribution in [0.15, 0.2) is 48.8 Å². The van der Waals surface area contributed by atoms with Gasteiger partial charge in [0.1, 0.15) is 5.82 Å². The first-order chi connectivity index (χ1) is 10.2. The molecule has 1 saturated carbocycles. The number of hydrogen-bond donors (Lipinski definition) is 1. The predicted molar refractivity (Wildman–Crippen MR) is 85.4 cm³/mol. The Labute approximate surface area is 128 Å². The van der Waals surface area contributed by atoms with Crippen molar-refractivity contribution in [3.63, 3.8) is 0 Å². The third kappa shape index (κ3) is 3.55. The first-order valence-electron chi connectivity index (χ1n) is 6.95. The Kier molecular flexibility index (Phi) is 4.10. The molecule has 108 valence electrons. The summed E-state index contributed by atoms with van der Waals surface area (Å²) in [6, 6.07) is 10.9. The van der Waals surface area contributed by atoms with Gasteiger partial charge in [0.25, 0.3) is 0 Å². The smallest absolute Gasteiger partial charge is 0.174 e. The molecule has 1 aliphatic rings. The summed E-state index contributed by atoms with van der Waals surface area (Å²) >= 11 is 5.46. The summed E-state index contributed by atoms with van der Waals surface area (Å²) in [5.74, 6) is -0.294. The molecule has 2 aromatic rings. The summed E-state index contributed by atoms with van der Waals surface area (Å²) in [4.78, 5) is 6.23. The van der Waals surface area contributed by atoms with E-state index in [1.807, 2.05) is 18.3 Å². The molecule has 0 saturated heterocycles. The van der Waals surface area contributed by atoms with E-state index in [2.05, 4.69) is 15.2 Å². The molecule has 1 aromatic heterocycles. The zero-order valence-electron chi connectivity index (χ0n) is 11.5. The minimum absolute atomic E-state index is 0.294. The molecule has 1 fully saturated rings. The Balaban J connectivity index is 1.72. The van der Waals surface area contributed by atoms with Gasteiger partial charge in [-0.25, -0.2) is 4.39 Å². The van der Waals surface area contributed by atoms with E-state index in [1.165, 1.54) is 6.07 Å². The Bertz CT molecular complexity index is 628. The highest BCUT2D eigenvalue weighted by Gasteiger charge is 2.31. The summed E-state index contributed by atoms with van der Waals surface area (Å²) in [5.41, 5.74) is 1.52. The molecule has 5 heteroatoms. The summed E-state index contributed by atoms with van der Waals surface area (Å²) < 4.78 is 13.7. The lowest BCUT2D eigenvalue weighted by molar-refractivity contribution is 0.408. The van der Waals surface area contributed by atoms with Crippen molar-refractivity contribution in [3.05, 3.63) is 60.2 Å². The lowest BCUT2D eigenvalue weighted by atomic mass is 10.2. The molecular weight excluding hydrogens is 285 g/mol. The van der Waals surface area contributed by atoms with Gasteiger partial charge >= 0.3 is 0 Å². The zero-order valence-corrected chi connectivity index (χ0v) is 12.3. The Hall–Kier alpha value is -2.01. The largest absolute Gasteiger partial charge is 0.342 e. The maximum atomic E-state index is 13.7. The van der Waals surface area contributed by atoms with Crippen LogP contribution in [0.25, 0.3) is 0 Å². The van der Waals surface area contributed by atoms with Gasteiger partial charge in [0.05, 0.1) is 5.69 Å². The fourth-order valence-electron chi connectivity index (χ4n) is 2.19. The second-order valence-corrected chi connectivity index (χ2v) is 5.52. The van der Waals surface area contributed by atoms with Crippen molar-refractivity contribution >= 4 is 23.0 Å². The molecule has 0 aliphatic heterocycles. The highest BCUT2D eigenvalue weighted by Crippen LogP contribution is 2.29. The average molecular weight is 301 g/mol. The van der Waals surface area contributed by atoms with Gasteiger partial charge in [0.15, 0.2) is 5.11 Å². The predicted octanol–water partition coefficient (Wildman–Crippen LogP) is 3.58. The number of thiocarbonyl (C=S) groups is 1. The van der Waals surface area contributed by atoms with Crippen LogP contribution in [0.1, 0.15) is 18.4 Å². The summed E-state index contributed by atoms with van der Waals surface area (Å²) in [5, 5.41) is 3.58. The summed E-state index contributed by atoms with van der Waals surface area (Å²) in [6.45, 7) is 0.693. The van der Waals surface area contributed by atoms with Gasteiger partial charge in [-0.3, -0.25) is 4.98 Å². The van der Waals surface area contributed by atoms with Crippen LogP contribution in [0.4, 0.5) is 10.1 Å². The number of rotatable bonds is 4. The van der Waals surface area contributed by atoms with Gasteiger partial charge in [-0.05, 0) is 48.8 Å². The van der Waals surface area contributed by atoms with Crippen molar-refractivity contribution in [3.8, 4) is 0 Å². The topological polar surface area (TPSA) is 28.2 Å². The molecule has 1 aromatic carbocycles. The highest BCUT2D eigenvalue weighted by atomic mass is 32.1. The Morgan fingerprint density at radius 2 is 2.10 bits per heavy atom. The van der Waals surface area contributed by atoms with Crippen LogP contribution in [0.2, 0.25) is 0 Å². The first-order valence-corrected chi connectivity index (χ1v) is 7.36. The molecule has 3 nitrogen and oxygen atoms in total. The van der Waals surface area contributed by atoms with Crippen molar-refractivity contribution < 1.29 is 4.39 Å². The van der Waals surface area contributed by atoms with Crippen LogP contribution >= 0.6 is 12.2 Å². The molecule has 1 aliphatic carbocycles. The standard InChI is InChI=1S/C16H16FN3S/c17-14-5-1-2-6-15(14)19-16(21)20(13-7-8-13)11-12-4-3-9-18-10-12/h1-6,9-10,13H,7-8,11H2,(H,19,21). The normalized spacial score (nSPS) is 13.8. The number of nitrogens with one attached hydrogen (secondary N) is 1. The van der Waals surface area contributed by atoms with Gasteiger partial charge in [-0.1, -0.05) is 18.2 Å². The SMILES string of the molecule is Fc1ccccc1NC(=S)N(Cc1cccnc1)C1CC1. The number of halogens is 1. The molecule has 21 heavy (non-hydrogen) atoms. The molecule has 0 bridgehead atoms. The Morgan fingerprint density at radius 3 is 2.76 bits per heavy atom. The minimum atomic E-state index is -0.294. The van der Waals surface area contributed by atoms with E-state index in [9.17, 15) is 4.39 Å². The molecule has 0 unspecified atom stereocenters. The fraction of sp³-hybridized carbons (Fsp3) is 0.250. The summed E-state index contributed by atoms with van der Waals surface area (Å²) in [6.07, 6.45) is 5.83. The van der Waals surface area contributed by atoms with Crippen LogP contribution in [0, 0.1) is 5.82 Å². The fourth-order valence-corrected chi connectivity index (χ4v) is 2.51. The minimum Gasteiger partial charge on any atom is -0.342 e. The van der Waals surface area contributed by atoms with Crippen LogP contribution in [0.3, 0.4) is 0 Å². The van der Waals surface area contributed by atoms with Gasteiger partial charge in [-0.2, -0.15) is 0 Å². The van der Waals surface area contributed by atoms with Gasteiger partial charge in [0, 0.05) is 25.0 Å². The maximum Gasteiger partial charge on any atom is 0.174 e. The molecule has 1 heterocycles. The number of para-hydroxylation sites is 1. The van der Waals surface area contributed by atoms with Crippen molar-refractivity contribution in [2.24, 2.45) is 0 Å². The highest BCUT2D eigenvalue weighted by molar-refractivity contribution is 7.80. The quantitative estimate of drug-likeness (QED) is 0.874. The number of benzene rings is 1. The van der Waals surface area contributed by atoms with Gasteiger partial charge < -0.3 is 10.2 Å². The number of hydrogen-bond acceptors (Lipinski definition) is 2. The van der Waals surface area contributed by atoms with E-state index in [4.69, 9.17) is 12.2 Å². The van der Waals surface area contributed by atoms with Crippen molar-refractivity contribution in [2.45, 2.75) is 25.4 Å². The first kappa shape index (κ1) is 13.9. The third-order valence-electron chi connectivity index (χ3n) is 3.44. The average Bonchev–Trinajstić information content (AvgIpc) is 3.33. The van der Waals surface area contributed by atoms with Gasteiger partial charge in [-0.15, -0.1) is 0 Å². The number of anilines is 1. The zero-order chi connectivity index (χ0) is 14.7. The van der Waals surface area contributed by atoms with E-state index < -0.39 is 0 Å². The van der Waals surface area contributed by atoms with Gasteiger partial charge in [0.2, 0.25) is 0 Å². The van der Waals surface area contributed by atoms with Crippen molar-refractivity contribution in [1.82, 2.24) is 9.88 Å². The molecule has 0 radical (unpaired) electrons.